The molecule has 138 valence electrons. The molecule has 0 saturated carbocycles. The zero-order valence-corrected chi connectivity index (χ0v) is 14.9. The third kappa shape index (κ3) is 3.34. The van der Waals surface area contributed by atoms with Gasteiger partial charge in [-0.1, -0.05) is 0 Å². The number of ether oxygens (including phenoxy) is 3. The molecule has 0 radical (unpaired) electrons. The van der Waals surface area contributed by atoms with E-state index in [0.29, 0.717) is 22.9 Å². The highest BCUT2D eigenvalue weighted by molar-refractivity contribution is 6.12. The van der Waals surface area contributed by atoms with Crippen molar-refractivity contribution in [2.75, 3.05) is 21.3 Å². The monoisotopic (exact) mass is 368 g/mol. The number of ketones is 1. The van der Waals surface area contributed by atoms with Crippen LogP contribution in [-0.2, 0) is 0 Å². The number of aromatic nitrogens is 3. The molecule has 0 aliphatic carbocycles. The maximum atomic E-state index is 13.1. The van der Waals surface area contributed by atoms with Gasteiger partial charge in [0.2, 0.25) is 5.75 Å². The van der Waals surface area contributed by atoms with Gasteiger partial charge in [0.1, 0.15) is 18.3 Å². The molecule has 0 spiro atoms. The molecule has 0 aliphatic rings. The number of nitrogens with zero attached hydrogens (tertiary/aromatic N) is 4. The van der Waals surface area contributed by atoms with E-state index in [0.717, 1.165) is 0 Å². The lowest BCUT2D eigenvalue weighted by atomic mass is 10.00. The summed E-state index contributed by atoms with van der Waals surface area (Å²) in [4.78, 5) is 28.2. The summed E-state index contributed by atoms with van der Waals surface area (Å²) in [6.07, 6.45) is 2.85. The molecule has 0 atom stereocenters. The fourth-order valence-electron chi connectivity index (χ4n) is 2.64. The summed E-state index contributed by atoms with van der Waals surface area (Å²) >= 11 is 0. The second-order valence-corrected chi connectivity index (χ2v) is 5.38. The predicted octanol–water partition coefficient (Wildman–Crippen LogP) is 2.92. The number of rotatable bonds is 7. The summed E-state index contributed by atoms with van der Waals surface area (Å²) < 4.78 is 17.3. The summed E-state index contributed by atoms with van der Waals surface area (Å²) in [5.41, 5.74) is 0.950. The van der Waals surface area contributed by atoms with Crippen molar-refractivity contribution in [2.24, 2.45) is 5.18 Å². The maximum absolute atomic E-state index is 13.1. The lowest BCUT2D eigenvalue weighted by Crippen LogP contribution is -2.06. The number of hydrogen-bond donors (Lipinski definition) is 0. The van der Waals surface area contributed by atoms with Gasteiger partial charge in [-0.15, -0.1) is 4.91 Å². The van der Waals surface area contributed by atoms with Gasteiger partial charge in [0.05, 0.1) is 32.6 Å². The first kappa shape index (κ1) is 18.1. The average molecular weight is 368 g/mol. The second kappa shape index (κ2) is 7.65. The van der Waals surface area contributed by atoms with E-state index in [9.17, 15) is 9.70 Å². The Balaban J connectivity index is 2.13. The van der Waals surface area contributed by atoms with Gasteiger partial charge >= 0.3 is 0 Å². The minimum absolute atomic E-state index is 0.0117. The van der Waals surface area contributed by atoms with Gasteiger partial charge in [-0.05, 0) is 35.5 Å². The molecule has 0 bridgehead atoms. The van der Waals surface area contributed by atoms with Crippen molar-refractivity contribution < 1.29 is 19.0 Å². The smallest absolute Gasteiger partial charge is 0.203 e. The van der Waals surface area contributed by atoms with Crippen molar-refractivity contribution in [2.45, 2.75) is 0 Å². The van der Waals surface area contributed by atoms with Crippen molar-refractivity contribution in [1.82, 2.24) is 14.8 Å². The van der Waals surface area contributed by atoms with E-state index in [1.807, 2.05) is 0 Å². The molecular weight excluding hydrogens is 352 g/mol. The van der Waals surface area contributed by atoms with Gasteiger partial charge in [-0.2, -0.15) is 5.10 Å². The quantitative estimate of drug-likeness (QED) is 0.466. The highest BCUT2D eigenvalue weighted by Gasteiger charge is 2.21. The minimum atomic E-state index is -0.425. The zero-order valence-electron chi connectivity index (χ0n) is 14.9. The van der Waals surface area contributed by atoms with Gasteiger partial charge in [0, 0.05) is 5.56 Å². The SMILES string of the molecule is COc1cc(C(=O)c2cc(-n3cncn3)ccc2N=O)cc(OC)c1OC. The molecule has 9 heteroatoms. The summed E-state index contributed by atoms with van der Waals surface area (Å²) in [7, 11) is 4.38. The van der Waals surface area contributed by atoms with Crippen LogP contribution in [0.5, 0.6) is 17.2 Å². The molecule has 1 heterocycles. The summed E-state index contributed by atoms with van der Waals surface area (Å²) in [5.74, 6) is 0.592. The maximum Gasteiger partial charge on any atom is 0.203 e. The molecule has 0 unspecified atom stereocenters. The van der Waals surface area contributed by atoms with Crippen molar-refractivity contribution in [1.29, 1.82) is 0 Å². The van der Waals surface area contributed by atoms with Crippen molar-refractivity contribution in [3.63, 3.8) is 0 Å². The molecule has 27 heavy (non-hydrogen) atoms. The van der Waals surface area contributed by atoms with E-state index in [4.69, 9.17) is 14.2 Å². The summed E-state index contributed by atoms with van der Waals surface area (Å²) in [5, 5.41) is 6.98. The number of carbonyl (C=O) groups is 1. The first-order chi connectivity index (χ1) is 13.1. The van der Waals surface area contributed by atoms with Crippen LogP contribution in [0.1, 0.15) is 15.9 Å². The topological polar surface area (TPSA) is 105 Å². The first-order valence-corrected chi connectivity index (χ1v) is 7.80. The van der Waals surface area contributed by atoms with Crippen LogP contribution in [0.25, 0.3) is 5.69 Å². The molecule has 0 saturated heterocycles. The number of nitroso groups, excluding NO2 is 1. The lowest BCUT2D eigenvalue weighted by Gasteiger charge is -2.14. The highest BCUT2D eigenvalue weighted by Crippen LogP contribution is 2.39. The Morgan fingerprint density at radius 3 is 2.26 bits per heavy atom. The Morgan fingerprint density at radius 2 is 1.74 bits per heavy atom. The second-order valence-electron chi connectivity index (χ2n) is 5.38. The largest absolute Gasteiger partial charge is 0.493 e. The minimum Gasteiger partial charge on any atom is -0.493 e. The van der Waals surface area contributed by atoms with Gasteiger partial charge < -0.3 is 14.2 Å². The first-order valence-electron chi connectivity index (χ1n) is 7.80. The zero-order chi connectivity index (χ0) is 19.4. The molecule has 0 aliphatic heterocycles. The normalized spacial score (nSPS) is 10.3. The van der Waals surface area contributed by atoms with Crippen LogP contribution in [0.3, 0.4) is 0 Å². The molecule has 3 aromatic rings. The molecule has 1 aromatic heterocycles. The van der Waals surface area contributed by atoms with Crippen molar-refractivity contribution in [3.05, 3.63) is 59.0 Å². The predicted molar refractivity (Wildman–Crippen MR) is 96.3 cm³/mol. The van der Waals surface area contributed by atoms with E-state index >= 15 is 0 Å². The van der Waals surface area contributed by atoms with E-state index in [1.54, 1.807) is 6.07 Å². The molecule has 0 N–H and O–H groups in total. The van der Waals surface area contributed by atoms with Crippen LogP contribution in [0.4, 0.5) is 5.69 Å². The standard InChI is InChI=1S/C18H16N4O5/c1-25-15-6-11(7-16(26-2)18(15)27-3)17(23)13-8-12(4-5-14(13)21-24)22-10-19-9-20-22/h4-10H,1-3H3. The van der Waals surface area contributed by atoms with E-state index in [1.165, 1.54) is 62.9 Å². The van der Waals surface area contributed by atoms with Crippen LogP contribution in [0, 0.1) is 4.91 Å². The molecule has 3 rings (SSSR count). The third-order valence-corrected chi connectivity index (χ3v) is 3.93. The highest BCUT2D eigenvalue weighted by atomic mass is 16.5. The lowest BCUT2D eigenvalue weighted by molar-refractivity contribution is 0.103. The Bertz CT molecular complexity index is 960. The Morgan fingerprint density at radius 1 is 1.04 bits per heavy atom. The molecule has 2 aromatic carbocycles. The van der Waals surface area contributed by atoms with Crippen molar-refractivity contribution in [3.8, 4) is 22.9 Å². The third-order valence-electron chi connectivity index (χ3n) is 3.93. The number of hydrogen-bond acceptors (Lipinski definition) is 8. The Labute approximate surface area is 154 Å². The number of benzene rings is 2. The van der Waals surface area contributed by atoms with Crippen LogP contribution in [0.2, 0.25) is 0 Å². The van der Waals surface area contributed by atoms with Gasteiger partial charge in [0.25, 0.3) is 0 Å². The number of methoxy groups -OCH3 is 3. The number of carbonyl (C=O) groups excluding carboxylic acids is 1. The van der Waals surface area contributed by atoms with Gasteiger partial charge in [0.15, 0.2) is 17.3 Å². The van der Waals surface area contributed by atoms with Gasteiger partial charge in [-0.3, -0.25) is 4.79 Å². The average Bonchev–Trinajstić information content (AvgIpc) is 3.26. The Hall–Kier alpha value is -3.75. The molecular formula is C18H16N4O5. The van der Waals surface area contributed by atoms with E-state index in [-0.39, 0.29) is 16.8 Å². The van der Waals surface area contributed by atoms with Crippen LogP contribution in [0.15, 0.2) is 48.2 Å². The van der Waals surface area contributed by atoms with Gasteiger partial charge in [-0.25, -0.2) is 9.67 Å². The van der Waals surface area contributed by atoms with Crippen LogP contribution >= 0.6 is 0 Å². The van der Waals surface area contributed by atoms with E-state index < -0.39 is 5.78 Å². The molecule has 9 nitrogen and oxygen atoms in total. The van der Waals surface area contributed by atoms with Crippen LogP contribution < -0.4 is 14.2 Å². The summed E-state index contributed by atoms with van der Waals surface area (Å²) in [6, 6.07) is 7.63. The molecule has 0 amide bonds. The fraction of sp³-hybridized carbons (Fsp3) is 0.167. The van der Waals surface area contributed by atoms with Crippen molar-refractivity contribution >= 4 is 11.5 Å². The Kier molecular flexibility index (Phi) is 5.11. The fourth-order valence-corrected chi connectivity index (χ4v) is 2.64. The summed E-state index contributed by atoms with van der Waals surface area (Å²) in [6.45, 7) is 0. The van der Waals surface area contributed by atoms with E-state index in [2.05, 4.69) is 15.3 Å². The van der Waals surface area contributed by atoms with Crippen LogP contribution in [-0.4, -0.2) is 41.9 Å². The molecule has 0 fully saturated rings.